The zero-order chi connectivity index (χ0) is 15.2. The fourth-order valence-corrected chi connectivity index (χ4v) is 2.85. The van der Waals surface area contributed by atoms with Crippen LogP contribution in [0.15, 0.2) is 36.7 Å². The molecule has 3 heteroatoms. The summed E-state index contributed by atoms with van der Waals surface area (Å²) < 4.78 is 5.59. The molecule has 1 atom stereocenters. The Kier molecular flexibility index (Phi) is 5.34. The van der Waals surface area contributed by atoms with E-state index in [4.69, 9.17) is 4.74 Å². The second-order valence-electron chi connectivity index (χ2n) is 5.43. The van der Waals surface area contributed by atoms with Gasteiger partial charge in [0.05, 0.1) is 7.11 Å². The molecule has 112 valence electrons. The van der Waals surface area contributed by atoms with Crippen LogP contribution in [0.1, 0.15) is 34.7 Å². The normalized spacial score (nSPS) is 12.2. The highest BCUT2D eigenvalue weighted by Gasteiger charge is 2.17. The first kappa shape index (κ1) is 15.5. The van der Waals surface area contributed by atoms with Crippen LogP contribution in [0.5, 0.6) is 5.75 Å². The molecule has 0 fully saturated rings. The highest BCUT2D eigenvalue weighted by atomic mass is 16.5. The lowest BCUT2D eigenvalue weighted by molar-refractivity contribution is 0.397. The van der Waals surface area contributed by atoms with Gasteiger partial charge in [0.1, 0.15) is 5.75 Å². The van der Waals surface area contributed by atoms with Crippen LogP contribution in [0.25, 0.3) is 0 Å². The van der Waals surface area contributed by atoms with Gasteiger partial charge in [0.15, 0.2) is 0 Å². The third-order valence-electron chi connectivity index (χ3n) is 3.88. The number of ether oxygens (including phenoxy) is 1. The Hall–Kier alpha value is -1.87. The number of hydrogen-bond donors (Lipinski definition) is 1. The first-order valence-electron chi connectivity index (χ1n) is 7.37. The number of hydrogen-bond acceptors (Lipinski definition) is 3. The number of aromatic nitrogens is 1. The van der Waals surface area contributed by atoms with Crippen LogP contribution in [0.4, 0.5) is 0 Å². The van der Waals surface area contributed by atoms with Crippen molar-refractivity contribution in [3.8, 4) is 5.75 Å². The van der Waals surface area contributed by atoms with E-state index in [1.54, 1.807) is 7.11 Å². The van der Waals surface area contributed by atoms with Gasteiger partial charge in [-0.15, -0.1) is 0 Å². The van der Waals surface area contributed by atoms with E-state index in [1.165, 1.54) is 22.3 Å². The first-order chi connectivity index (χ1) is 10.2. The topological polar surface area (TPSA) is 34.2 Å². The Labute approximate surface area is 127 Å². The van der Waals surface area contributed by atoms with Gasteiger partial charge in [-0.1, -0.05) is 6.07 Å². The molecule has 0 aliphatic carbocycles. The SMILES string of the molecule is CNC(CCc1ccncc1)c1c(C)cc(C)cc1OC. The van der Waals surface area contributed by atoms with Crippen molar-refractivity contribution in [2.45, 2.75) is 32.7 Å². The van der Waals surface area contributed by atoms with Gasteiger partial charge in [-0.3, -0.25) is 4.98 Å². The van der Waals surface area contributed by atoms with Crippen LogP contribution < -0.4 is 10.1 Å². The minimum atomic E-state index is 0.286. The molecular weight excluding hydrogens is 260 g/mol. The molecule has 1 heterocycles. The largest absolute Gasteiger partial charge is 0.496 e. The van der Waals surface area contributed by atoms with Gasteiger partial charge in [0.2, 0.25) is 0 Å². The van der Waals surface area contributed by atoms with Crippen LogP contribution in [0.3, 0.4) is 0 Å². The van der Waals surface area contributed by atoms with Crippen LogP contribution in [-0.4, -0.2) is 19.1 Å². The van der Waals surface area contributed by atoms with E-state index in [0.717, 1.165) is 18.6 Å². The minimum Gasteiger partial charge on any atom is -0.496 e. The molecule has 0 amide bonds. The van der Waals surface area contributed by atoms with Crippen molar-refractivity contribution < 1.29 is 4.74 Å². The third-order valence-corrected chi connectivity index (χ3v) is 3.88. The molecule has 0 spiro atoms. The van der Waals surface area contributed by atoms with Gasteiger partial charge in [0.25, 0.3) is 0 Å². The second kappa shape index (κ2) is 7.23. The Morgan fingerprint density at radius 1 is 1.19 bits per heavy atom. The molecule has 0 saturated heterocycles. The van der Waals surface area contributed by atoms with E-state index in [-0.39, 0.29) is 6.04 Å². The fraction of sp³-hybridized carbons (Fsp3) is 0.389. The number of benzene rings is 1. The van der Waals surface area contributed by atoms with E-state index in [2.05, 4.69) is 48.4 Å². The smallest absolute Gasteiger partial charge is 0.124 e. The molecule has 0 bridgehead atoms. The van der Waals surface area contributed by atoms with Crippen molar-refractivity contribution in [3.63, 3.8) is 0 Å². The number of rotatable bonds is 6. The van der Waals surface area contributed by atoms with Crippen molar-refractivity contribution in [2.24, 2.45) is 0 Å². The van der Waals surface area contributed by atoms with Gasteiger partial charge in [-0.25, -0.2) is 0 Å². The fourth-order valence-electron chi connectivity index (χ4n) is 2.85. The van der Waals surface area contributed by atoms with Gasteiger partial charge in [-0.05, 0) is 68.6 Å². The van der Waals surface area contributed by atoms with E-state index < -0.39 is 0 Å². The quantitative estimate of drug-likeness (QED) is 0.880. The molecular formula is C18H24N2O. The summed E-state index contributed by atoms with van der Waals surface area (Å²) in [6.07, 6.45) is 5.74. The Morgan fingerprint density at radius 3 is 2.52 bits per heavy atom. The molecule has 1 unspecified atom stereocenters. The van der Waals surface area contributed by atoms with E-state index in [1.807, 2.05) is 19.4 Å². The van der Waals surface area contributed by atoms with Gasteiger partial charge in [-0.2, -0.15) is 0 Å². The molecule has 2 aromatic rings. The Bertz CT molecular complexity index is 581. The summed E-state index contributed by atoms with van der Waals surface area (Å²) in [7, 11) is 3.75. The van der Waals surface area contributed by atoms with Crippen LogP contribution in [0.2, 0.25) is 0 Å². The second-order valence-corrected chi connectivity index (χ2v) is 5.43. The van der Waals surface area contributed by atoms with E-state index >= 15 is 0 Å². The maximum atomic E-state index is 5.59. The van der Waals surface area contributed by atoms with Crippen LogP contribution in [-0.2, 0) is 6.42 Å². The summed E-state index contributed by atoms with van der Waals surface area (Å²) in [6.45, 7) is 4.26. The summed E-state index contributed by atoms with van der Waals surface area (Å²) in [5.41, 5.74) is 5.09. The molecule has 2 rings (SSSR count). The summed E-state index contributed by atoms with van der Waals surface area (Å²) in [5.74, 6) is 0.974. The van der Waals surface area contributed by atoms with Crippen molar-refractivity contribution >= 4 is 0 Å². The highest BCUT2D eigenvalue weighted by Crippen LogP contribution is 2.32. The number of methoxy groups -OCH3 is 1. The van der Waals surface area contributed by atoms with E-state index in [0.29, 0.717) is 0 Å². The minimum absolute atomic E-state index is 0.286. The Morgan fingerprint density at radius 2 is 1.90 bits per heavy atom. The van der Waals surface area contributed by atoms with Crippen molar-refractivity contribution in [2.75, 3.05) is 14.2 Å². The van der Waals surface area contributed by atoms with Gasteiger partial charge >= 0.3 is 0 Å². The van der Waals surface area contributed by atoms with Crippen LogP contribution >= 0.6 is 0 Å². The lowest BCUT2D eigenvalue weighted by Gasteiger charge is -2.22. The first-order valence-corrected chi connectivity index (χ1v) is 7.37. The predicted molar refractivity (Wildman–Crippen MR) is 86.8 cm³/mol. The maximum Gasteiger partial charge on any atom is 0.124 e. The lowest BCUT2D eigenvalue weighted by Crippen LogP contribution is -2.19. The molecule has 0 aliphatic rings. The van der Waals surface area contributed by atoms with Gasteiger partial charge in [0, 0.05) is 24.0 Å². The summed E-state index contributed by atoms with van der Waals surface area (Å²) in [4.78, 5) is 4.07. The molecule has 1 aromatic carbocycles. The lowest BCUT2D eigenvalue weighted by atomic mass is 9.93. The average molecular weight is 284 g/mol. The monoisotopic (exact) mass is 284 g/mol. The van der Waals surface area contributed by atoms with Gasteiger partial charge < -0.3 is 10.1 Å². The molecule has 0 saturated carbocycles. The van der Waals surface area contributed by atoms with Crippen molar-refractivity contribution in [3.05, 3.63) is 58.9 Å². The maximum absolute atomic E-state index is 5.59. The molecule has 1 N–H and O–H groups in total. The zero-order valence-electron chi connectivity index (χ0n) is 13.3. The summed E-state index contributed by atoms with van der Waals surface area (Å²) in [6, 6.07) is 8.76. The van der Waals surface area contributed by atoms with Crippen LogP contribution in [0, 0.1) is 13.8 Å². The number of pyridine rings is 1. The standard InChI is InChI=1S/C18H24N2O/c1-13-11-14(2)18(17(12-13)21-4)16(19-3)6-5-15-7-9-20-10-8-15/h7-12,16,19H,5-6H2,1-4H3. The molecule has 1 aromatic heterocycles. The van der Waals surface area contributed by atoms with Crippen molar-refractivity contribution in [1.82, 2.24) is 10.3 Å². The van der Waals surface area contributed by atoms with Crippen molar-refractivity contribution in [1.29, 1.82) is 0 Å². The van der Waals surface area contributed by atoms with E-state index in [9.17, 15) is 0 Å². The number of aryl methyl sites for hydroxylation is 3. The predicted octanol–water partition coefficient (Wildman–Crippen LogP) is 3.60. The number of nitrogens with zero attached hydrogens (tertiary/aromatic N) is 1. The molecule has 0 aliphatic heterocycles. The molecule has 0 radical (unpaired) electrons. The number of nitrogens with one attached hydrogen (secondary N) is 1. The molecule has 3 nitrogen and oxygen atoms in total. The highest BCUT2D eigenvalue weighted by molar-refractivity contribution is 5.45. The zero-order valence-corrected chi connectivity index (χ0v) is 13.3. The summed E-state index contributed by atoms with van der Waals surface area (Å²) >= 11 is 0. The third kappa shape index (κ3) is 3.82. The molecule has 21 heavy (non-hydrogen) atoms. The Balaban J connectivity index is 2.21. The summed E-state index contributed by atoms with van der Waals surface area (Å²) in [5, 5.41) is 3.43. The average Bonchev–Trinajstić information content (AvgIpc) is 2.50.